The lowest BCUT2D eigenvalue weighted by Gasteiger charge is -2.24. The van der Waals surface area contributed by atoms with Crippen LogP contribution in [0.1, 0.15) is 24.5 Å². The Morgan fingerprint density at radius 3 is 2.60 bits per heavy atom. The van der Waals surface area contributed by atoms with Crippen molar-refractivity contribution in [1.82, 2.24) is 4.31 Å². The summed E-state index contributed by atoms with van der Waals surface area (Å²) in [5.74, 6) is 0.0661. The summed E-state index contributed by atoms with van der Waals surface area (Å²) >= 11 is 1.68. The lowest BCUT2D eigenvalue weighted by atomic mass is 10.1. The minimum Gasteiger partial charge on any atom is -0.370 e. The van der Waals surface area contributed by atoms with Crippen LogP contribution in [0.3, 0.4) is 0 Å². The Bertz CT molecular complexity index is 934. The molecule has 30 heavy (non-hydrogen) atoms. The molecule has 0 spiro atoms. The molecule has 0 bridgehead atoms. The standard InChI is InChI=1S/C22H24F3N3OS/c1-16(29)28-11-8-17-14-20(6-7-21(17)28)30-27-10-3-9-26(12-13-27)19-5-2-4-18(15-19)22(23,24)25/h2,4-7,14-15H,3,8-13H2,1H3. The zero-order chi connectivity index (χ0) is 21.3. The molecular weight excluding hydrogens is 411 g/mol. The molecule has 0 saturated carbocycles. The van der Waals surface area contributed by atoms with Crippen LogP contribution in [0, 0.1) is 0 Å². The number of halogens is 3. The van der Waals surface area contributed by atoms with Crippen LogP contribution in [0.4, 0.5) is 24.5 Å². The van der Waals surface area contributed by atoms with Crippen LogP contribution in [0.2, 0.25) is 0 Å². The molecule has 0 unspecified atom stereocenters. The summed E-state index contributed by atoms with van der Waals surface area (Å²) in [5, 5.41) is 0. The summed E-state index contributed by atoms with van der Waals surface area (Å²) in [4.78, 5) is 16.7. The van der Waals surface area contributed by atoms with Gasteiger partial charge in [-0.1, -0.05) is 6.07 Å². The van der Waals surface area contributed by atoms with E-state index in [-0.39, 0.29) is 5.91 Å². The molecule has 160 valence electrons. The summed E-state index contributed by atoms with van der Waals surface area (Å²) in [6, 6.07) is 11.8. The number of rotatable bonds is 3. The molecule has 2 aromatic carbocycles. The van der Waals surface area contributed by atoms with Gasteiger partial charge >= 0.3 is 6.18 Å². The normalized spacial score (nSPS) is 17.7. The fraction of sp³-hybridized carbons (Fsp3) is 0.409. The summed E-state index contributed by atoms with van der Waals surface area (Å²) < 4.78 is 41.4. The molecule has 0 radical (unpaired) electrons. The third-order valence-corrected chi connectivity index (χ3v) is 6.64. The molecule has 2 heterocycles. The van der Waals surface area contributed by atoms with E-state index in [2.05, 4.69) is 10.4 Å². The minimum atomic E-state index is -4.32. The van der Waals surface area contributed by atoms with Crippen molar-refractivity contribution < 1.29 is 18.0 Å². The van der Waals surface area contributed by atoms with Gasteiger partial charge < -0.3 is 9.80 Å². The van der Waals surface area contributed by atoms with Crippen molar-refractivity contribution in [2.24, 2.45) is 0 Å². The summed E-state index contributed by atoms with van der Waals surface area (Å²) in [6.07, 6.45) is -2.58. The van der Waals surface area contributed by atoms with E-state index < -0.39 is 11.7 Å². The molecule has 4 nitrogen and oxygen atoms in total. The monoisotopic (exact) mass is 435 g/mol. The number of anilines is 2. The maximum atomic E-state index is 13.0. The Balaban J connectivity index is 1.40. The van der Waals surface area contributed by atoms with Crippen LogP contribution >= 0.6 is 11.9 Å². The number of carbonyl (C=O) groups is 1. The van der Waals surface area contributed by atoms with Gasteiger partial charge in [-0.05, 0) is 66.8 Å². The molecule has 0 atom stereocenters. The molecule has 2 aliphatic rings. The number of alkyl halides is 3. The third-order valence-electron chi connectivity index (χ3n) is 5.55. The highest BCUT2D eigenvalue weighted by Crippen LogP contribution is 2.35. The highest BCUT2D eigenvalue weighted by atomic mass is 32.2. The molecule has 4 rings (SSSR count). The lowest BCUT2D eigenvalue weighted by Crippen LogP contribution is -2.28. The van der Waals surface area contributed by atoms with Crippen LogP contribution < -0.4 is 9.80 Å². The first-order valence-electron chi connectivity index (χ1n) is 10.1. The van der Waals surface area contributed by atoms with E-state index in [4.69, 9.17) is 0 Å². The summed E-state index contributed by atoms with van der Waals surface area (Å²) in [6.45, 7) is 5.36. The van der Waals surface area contributed by atoms with E-state index in [1.165, 1.54) is 17.7 Å². The van der Waals surface area contributed by atoms with Gasteiger partial charge in [0.05, 0.1) is 5.56 Å². The van der Waals surface area contributed by atoms with Crippen LogP contribution in [0.15, 0.2) is 47.4 Å². The molecular formula is C22H24F3N3OS. The quantitative estimate of drug-likeness (QED) is 0.645. The van der Waals surface area contributed by atoms with Crippen LogP contribution in [-0.4, -0.2) is 42.9 Å². The number of benzene rings is 2. The van der Waals surface area contributed by atoms with Crippen molar-refractivity contribution >= 4 is 29.2 Å². The van der Waals surface area contributed by atoms with Crippen molar-refractivity contribution in [3.05, 3.63) is 53.6 Å². The van der Waals surface area contributed by atoms with E-state index >= 15 is 0 Å². The van der Waals surface area contributed by atoms with Gasteiger partial charge in [-0.25, -0.2) is 4.31 Å². The Hall–Kier alpha value is -2.19. The molecule has 1 saturated heterocycles. The first-order valence-corrected chi connectivity index (χ1v) is 10.8. The van der Waals surface area contributed by atoms with E-state index in [1.54, 1.807) is 24.9 Å². The Morgan fingerprint density at radius 2 is 1.83 bits per heavy atom. The smallest absolute Gasteiger partial charge is 0.370 e. The SMILES string of the molecule is CC(=O)N1CCc2cc(SN3CCCN(c4cccc(C(F)(F)F)c4)CC3)ccc21. The number of hydrogen-bond donors (Lipinski definition) is 0. The Kier molecular flexibility index (Phi) is 5.97. The van der Waals surface area contributed by atoms with Gasteiger partial charge in [0.25, 0.3) is 0 Å². The van der Waals surface area contributed by atoms with E-state index in [0.717, 1.165) is 55.7 Å². The van der Waals surface area contributed by atoms with Crippen LogP contribution in [-0.2, 0) is 17.4 Å². The van der Waals surface area contributed by atoms with E-state index in [0.29, 0.717) is 12.2 Å². The predicted molar refractivity (Wildman–Crippen MR) is 114 cm³/mol. The number of hydrogen-bond acceptors (Lipinski definition) is 4. The fourth-order valence-corrected chi connectivity index (χ4v) is 5.05. The maximum absolute atomic E-state index is 13.0. The van der Waals surface area contributed by atoms with Gasteiger partial charge in [-0.2, -0.15) is 13.2 Å². The second kappa shape index (κ2) is 8.51. The molecule has 2 aliphatic heterocycles. The third kappa shape index (κ3) is 4.59. The van der Waals surface area contributed by atoms with Crippen LogP contribution in [0.5, 0.6) is 0 Å². The topological polar surface area (TPSA) is 26.8 Å². The summed E-state index contributed by atoms with van der Waals surface area (Å²) in [5.41, 5.74) is 2.21. The predicted octanol–water partition coefficient (Wildman–Crippen LogP) is 4.83. The second-order valence-corrected chi connectivity index (χ2v) is 8.79. The molecule has 1 fully saturated rings. The molecule has 8 heteroatoms. The van der Waals surface area contributed by atoms with E-state index in [9.17, 15) is 18.0 Å². The maximum Gasteiger partial charge on any atom is 0.416 e. The van der Waals surface area contributed by atoms with Crippen LogP contribution in [0.25, 0.3) is 0 Å². The fourth-order valence-electron chi connectivity index (χ4n) is 4.03. The van der Waals surface area contributed by atoms with E-state index in [1.807, 2.05) is 21.9 Å². The van der Waals surface area contributed by atoms with Crippen molar-refractivity contribution in [1.29, 1.82) is 0 Å². The molecule has 2 aromatic rings. The van der Waals surface area contributed by atoms with Gasteiger partial charge in [-0.3, -0.25) is 4.79 Å². The first-order chi connectivity index (χ1) is 14.3. The number of fused-ring (bicyclic) bond motifs is 1. The highest BCUT2D eigenvalue weighted by Gasteiger charge is 2.31. The Labute approximate surface area is 178 Å². The molecule has 0 aromatic heterocycles. The zero-order valence-electron chi connectivity index (χ0n) is 16.8. The number of amides is 1. The zero-order valence-corrected chi connectivity index (χ0v) is 17.6. The molecule has 0 N–H and O–H groups in total. The highest BCUT2D eigenvalue weighted by molar-refractivity contribution is 7.97. The van der Waals surface area contributed by atoms with Crippen molar-refractivity contribution in [2.75, 3.05) is 42.5 Å². The second-order valence-electron chi connectivity index (χ2n) is 7.62. The number of nitrogens with zero attached hydrogens (tertiary/aromatic N) is 3. The first kappa shape index (κ1) is 21.1. The van der Waals surface area contributed by atoms with Gasteiger partial charge in [-0.15, -0.1) is 0 Å². The lowest BCUT2D eigenvalue weighted by molar-refractivity contribution is -0.137. The van der Waals surface area contributed by atoms with Gasteiger partial charge in [0.1, 0.15) is 0 Å². The van der Waals surface area contributed by atoms with Gasteiger partial charge in [0.2, 0.25) is 5.91 Å². The molecule has 0 aliphatic carbocycles. The summed E-state index contributed by atoms with van der Waals surface area (Å²) in [7, 11) is 0. The molecule has 1 amide bonds. The van der Waals surface area contributed by atoms with Crippen molar-refractivity contribution in [3.8, 4) is 0 Å². The minimum absolute atomic E-state index is 0.0661. The Morgan fingerprint density at radius 1 is 1.00 bits per heavy atom. The van der Waals surface area contributed by atoms with Gasteiger partial charge in [0.15, 0.2) is 0 Å². The average molecular weight is 436 g/mol. The number of carbonyl (C=O) groups excluding carboxylic acids is 1. The van der Waals surface area contributed by atoms with Crippen molar-refractivity contribution in [3.63, 3.8) is 0 Å². The van der Waals surface area contributed by atoms with Crippen molar-refractivity contribution in [2.45, 2.75) is 30.8 Å². The van der Waals surface area contributed by atoms with Gasteiger partial charge in [0, 0.05) is 55.9 Å². The largest absolute Gasteiger partial charge is 0.416 e. The average Bonchev–Trinajstić information content (AvgIpc) is 2.99.